The average Bonchev–Trinajstić information content (AvgIpc) is 2.26. The summed E-state index contributed by atoms with van der Waals surface area (Å²) in [6.07, 6.45) is 9.92. The third-order valence-electron chi connectivity index (χ3n) is 3.30. The molecule has 0 bridgehead atoms. The Morgan fingerprint density at radius 3 is 3.00 bits per heavy atom. The summed E-state index contributed by atoms with van der Waals surface area (Å²) in [5.74, 6) is 2.97. The van der Waals surface area contributed by atoms with Crippen molar-refractivity contribution in [3.05, 3.63) is 0 Å². The van der Waals surface area contributed by atoms with E-state index in [2.05, 4.69) is 18.2 Å². The lowest BCUT2D eigenvalue weighted by molar-refractivity contribution is -0.124. The number of nitrogens with one attached hydrogen (secondary N) is 1. The van der Waals surface area contributed by atoms with Crippen molar-refractivity contribution in [3.63, 3.8) is 0 Å². The Morgan fingerprint density at radius 1 is 1.69 bits per heavy atom. The number of carbonyl (C=O) groups excluding carboxylic acids is 1. The van der Waals surface area contributed by atoms with Crippen molar-refractivity contribution in [3.8, 4) is 12.3 Å². The molecule has 0 aliphatic heterocycles. The normalized spacial score (nSPS) is 29.4. The lowest BCUT2D eigenvalue weighted by atomic mass is 9.77. The average molecular weight is 223 g/mol. The summed E-state index contributed by atoms with van der Waals surface area (Å²) in [6, 6.07) is 0. The van der Waals surface area contributed by atoms with Crippen LogP contribution in [-0.4, -0.2) is 23.2 Å². The second-order valence-electron chi connectivity index (χ2n) is 4.89. The maximum absolute atomic E-state index is 11.6. The van der Waals surface area contributed by atoms with Gasteiger partial charge in [0.2, 0.25) is 5.91 Å². The Labute approximate surface area is 97.6 Å². The number of aliphatic hydroxyl groups is 1. The molecule has 16 heavy (non-hydrogen) atoms. The SMILES string of the molecule is C#CCCC(=O)NC1(CO)CCCC(C)C1. The van der Waals surface area contributed by atoms with Crippen LogP contribution < -0.4 is 5.32 Å². The van der Waals surface area contributed by atoms with Gasteiger partial charge in [0.15, 0.2) is 0 Å². The molecule has 1 amide bonds. The van der Waals surface area contributed by atoms with Gasteiger partial charge in [0.05, 0.1) is 12.1 Å². The molecule has 2 atom stereocenters. The Kier molecular flexibility index (Phi) is 4.82. The minimum Gasteiger partial charge on any atom is -0.394 e. The zero-order valence-electron chi connectivity index (χ0n) is 9.96. The number of rotatable bonds is 4. The Morgan fingerprint density at radius 2 is 2.44 bits per heavy atom. The molecule has 0 heterocycles. The van der Waals surface area contributed by atoms with E-state index < -0.39 is 5.54 Å². The summed E-state index contributed by atoms with van der Waals surface area (Å²) in [4.78, 5) is 11.6. The predicted octanol–water partition coefficient (Wildman–Crippen LogP) is 1.46. The first-order chi connectivity index (χ1) is 7.62. The summed E-state index contributed by atoms with van der Waals surface area (Å²) < 4.78 is 0. The van der Waals surface area contributed by atoms with Gasteiger partial charge < -0.3 is 10.4 Å². The van der Waals surface area contributed by atoms with E-state index in [-0.39, 0.29) is 12.5 Å². The van der Waals surface area contributed by atoms with E-state index in [1.165, 1.54) is 6.42 Å². The van der Waals surface area contributed by atoms with Crippen LogP contribution in [0.3, 0.4) is 0 Å². The molecule has 0 aromatic heterocycles. The van der Waals surface area contributed by atoms with Crippen LogP contribution in [0.25, 0.3) is 0 Å². The van der Waals surface area contributed by atoms with Crippen LogP contribution in [0.1, 0.15) is 45.4 Å². The molecule has 0 saturated heterocycles. The standard InChI is InChI=1S/C13H21NO2/c1-3-4-7-12(16)14-13(10-15)8-5-6-11(2)9-13/h1,11,15H,4-10H2,2H3,(H,14,16). The molecular weight excluding hydrogens is 202 g/mol. The van der Waals surface area contributed by atoms with Gasteiger partial charge in [0, 0.05) is 12.8 Å². The van der Waals surface area contributed by atoms with E-state index in [9.17, 15) is 9.90 Å². The molecule has 0 aromatic carbocycles. The van der Waals surface area contributed by atoms with E-state index in [1.54, 1.807) is 0 Å². The highest BCUT2D eigenvalue weighted by Gasteiger charge is 2.35. The van der Waals surface area contributed by atoms with Crippen molar-refractivity contribution in [2.24, 2.45) is 5.92 Å². The quantitative estimate of drug-likeness (QED) is 0.709. The van der Waals surface area contributed by atoms with Crippen LogP contribution in [0, 0.1) is 18.3 Å². The fourth-order valence-electron chi connectivity index (χ4n) is 2.50. The number of aliphatic hydroxyl groups excluding tert-OH is 1. The highest BCUT2D eigenvalue weighted by molar-refractivity contribution is 5.77. The molecule has 0 spiro atoms. The molecule has 1 rings (SSSR count). The van der Waals surface area contributed by atoms with Crippen molar-refractivity contribution in [2.45, 2.75) is 51.0 Å². The first-order valence-electron chi connectivity index (χ1n) is 5.97. The maximum Gasteiger partial charge on any atom is 0.221 e. The molecule has 3 nitrogen and oxygen atoms in total. The molecule has 90 valence electrons. The summed E-state index contributed by atoms with van der Waals surface area (Å²) in [5.41, 5.74) is -0.399. The second-order valence-corrected chi connectivity index (χ2v) is 4.89. The molecule has 1 fully saturated rings. The van der Waals surface area contributed by atoms with Crippen LogP contribution in [0.4, 0.5) is 0 Å². The van der Waals surface area contributed by atoms with Gasteiger partial charge in [-0.25, -0.2) is 0 Å². The molecule has 2 N–H and O–H groups in total. The minimum atomic E-state index is -0.399. The first kappa shape index (κ1) is 13.1. The topological polar surface area (TPSA) is 49.3 Å². The molecule has 1 aliphatic carbocycles. The monoisotopic (exact) mass is 223 g/mol. The molecule has 1 saturated carbocycles. The van der Waals surface area contributed by atoms with E-state index in [1.807, 2.05) is 0 Å². The fourth-order valence-corrected chi connectivity index (χ4v) is 2.50. The highest BCUT2D eigenvalue weighted by Crippen LogP contribution is 2.31. The van der Waals surface area contributed by atoms with Crippen LogP contribution in [0.5, 0.6) is 0 Å². The van der Waals surface area contributed by atoms with E-state index in [0.717, 1.165) is 19.3 Å². The van der Waals surface area contributed by atoms with Crippen LogP contribution >= 0.6 is 0 Å². The maximum atomic E-state index is 11.6. The number of hydrogen-bond acceptors (Lipinski definition) is 2. The number of amides is 1. The van der Waals surface area contributed by atoms with Gasteiger partial charge in [-0.1, -0.05) is 19.8 Å². The van der Waals surface area contributed by atoms with Gasteiger partial charge >= 0.3 is 0 Å². The van der Waals surface area contributed by atoms with E-state index in [4.69, 9.17) is 6.42 Å². The summed E-state index contributed by atoms with van der Waals surface area (Å²) in [5, 5.41) is 12.4. The Balaban J connectivity index is 2.52. The lowest BCUT2D eigenvalue weighted by Crippen LogP contribution is -2.53. The zero-order chi connectivity index (χ0) is 12.0. The van der Waals surface area contributed by atoms with Gasteiger partial charge in [0.25, 0.3) is 0 Å². The van der Waals surface area contributed by atoms with Crippen LogP contribution in [0.2, 0.25) is 0 Å². The molecular formula is C13H21NO2. The Bertz CT molecular complexity index is 282. The minimum absolute atomic E-state index is 0.0269. The largest absolute Gasteiger partial charge is 0.394 e. The second kappa shape index (κ2) is 5.91. The van der Waals surface area contributed by atoms with Crippen molar-refractivity contribution in [1.82, 2.24) is 5.32 Å². The van der Waals surface area contributed by atoms with Crippen molar-refractivity contribution in [1.29, 1.82) is 0 Å². The molecule has 0 aromatic rings. The lowest BCUT2D eigenvalue weighted by Gasteiger charge is -2.39. The number of terminal acetylenes is 1. The third-order valence-corrected chi connectivity index (χ3v) is 3.30. The smallest absolute Gasteiger partial charge is 0.221 e. The van der Waals surface area contributed by atoms with Gasteiger partial charge in [-0.2, -0.15) is 0 Å². The zero-order valence-corrected chi connectivity index (χ0v) is 9.96. The van der Waals surface area contributed by atoms with Gasteiger partial charge in [0.1, 0.15) is 0 Å². The van der Waals surface area contributed by atoms with Gasteiger partial charge in [-0.15, -0.1) is 12.3 Å². The molecule has 1 aliphatic rings. The Hall–Kier alpha value is -1.01. The summed E-state index contributed by atoms with van der Waals surface area (Å²) >= 11 is 0. The first-order valence-corrected chi connectivity index (χ1v) is 5.97. The van der Waals surface area contributed by atoms with Gasteiger partial charge in [-0.05, 0) is 18.8 Å². The number of hydrogen-bond donors (Lipinski definition) is 2. The van der Waals surface area contributed by atoms with Gasteiger partial charge in [-0.3, -0.25) is 4.79 Å². The highest BCUT2D eigenvalue weighted by atomic mass is 16.3. The van der Waals surface area contributed by atoms with E-state index in [0.29, 0.717) is 18.8 Å². The molecule has 2 unspecified atom stereocenters. The summed E-state index contributed by atoms with van der Waals surface area (Å²) in [7, 11) is 0. The molecule has 3 heteroatoms. The van der Waals surface area contributed by atoms with Crippen molar-refractivity contribution < 1.29 is 9.90 Å². The van der Waals surface area contributed by atoms with E-state index >= 15 is 0 Å². The van der Waals surface area contributed by atoms with Crippen LogP contribution in [-0.2, 0) is 4.79 Å². The van der Waals surface area contributed by atoms with Crippen LogP contribution in [0.15, 0.2) is 0 Å². The third kappa shape index (κ3) is 3.53. The number of carbonyl (C=O) groups is 1. The predicted molar refractivity (Wildman–Crippen MR) is 63.7 cm³/mol. The molecule has 0 radical (unpaired) electrons. The van der Waals surface area contributed by atoms with Crippen molar-refractivity contribution in [2.75, 3.05) is 6.61 Å². The van der Waals surface area contributed by atoms with Crippen molar-refractivity contribution >= 4 is 5.91 Å². The summed E-state index contributed by atoms with van der Waals surface area (Å²) in [6.45, 7) is 2.19. The fraction of sp³-hybridized carbons (Fsp3) is 0.769.